The van der Waals surface area contributed by atoms with Gasteiger partial charge in [0, 0.05) is 56.0 Å². The highest BCUT2D eigenvalue weighted by atomic mass is 15.2. The molecule has 0 saturated heterocycles. The fourth-order valence-corrected chi connectivity index (χ4v) is 14.1. The van der Waals surface area contributed by atoms with Gasteiger partial charge in [0.15, 0.2) is 34.9 Å². The highest BCUT2D eigenvalue weighted by Crippen LogP contribution is 2.45. The topological polar surface area (TPSA) is 80.6 Å². The summed E-state index contributed by atoms with van der Waals surface area (Å²) < 4.78 is 0. The molecule has 14 rings (SSSR count). The predicted octanol–water partition coefficient (Wildman–Crippen LogP) is 15.3. The lowest BCUT2D eigenvalue weighted by Crippen LogP contribution is -2.66. The Morgan fingerprint density at radius 1 is 0.303 bits per heavy atom. The molecule has 89 heavy (non-hydrogen) atoms. The summed E-state index contributed by atoms with van der Waals surface area (Å²) in [7, 11) is 0. The SMILES string of the molecule is Cc1cc(C)c(B2c3cc(C(C)(C)C)ccc3N3c4ccc(C(C)(C)C)cc4B(c4c(C)cc(C)cc4C)c4cc(-c5c(-c6nc(-c7ccccc7)nc(-c7ccccc7)n6)cccc5-c5nc(-c6ccccc6)nc(-c6ccccc6)n5)cc2c43)c(C)c1. The maximum Gasteiger partial charge on any atom is 0.247 e. The summed E-state index contributed by atoms with van der Waals surface area (Å²) in [5.74, 6) is 3.38. The second kappa shape index (κ2) is 22.1. The first-order valence-electron chi connectivity index (χ1n) is 31.2. The summed E-state index contributed by atoms with van der Waals surface area (Å²) in [5.41, 5.74) is 28.2. The fraction of sp³-hybridized carbons (Fsp3) is 0.175. The van der Waals surface area contributed by atoms with Crippen molar-refractivity contribution in [3.63, 3.8) is 0 Å². The van der Waals surface area contributed by atoms with Crippen LogP contribution in [-0.2, 0) is 10.8 Å². The van der Waals surface area contributed by atoms with Crippen LogP contribution < -0.4 is 37.7 Å². The van der Waals surface area contributed by atoms with Crippen molar-refractivity contribution in [3.8, 4) is 79.5 Å². The molecule has 0 unspecified atom stereocenters. The normalized spacial score (nSPS) is 12.7. The lowest BCUT2D eigenvalue weighted by atomic mass is 9.29. The zero-order chi connectivity index (χ0) is 61.6. The van der Waals surface area contributed by atoms with E-state index in [9.17, 15) is 0 Å². The molecule has 0 fully saturated rings. The highest BCUT2D eigenvalue weighted by Gasteiger charge is 2.46. The van der Waals surface area contributed by atoms with Crippen LogP contribution in [0, 0.1) is 41.5 Å². The van der Waals surface area contributed by atoms with E-state index in [1.165, 1.54) is 94.3 Å². The van der Waals surface area contributed by atoms with Crippen molar-refractivity contribution in [3.05, 3.63) is 257 Å². The lowest BCUT2D eigenvalue weighted by Gasteiger charge is -2.45. The highest BCUT2D eigenvalue weighted by molar-refractivity contribution is 7.02. The van der Waals surface area contributed by atoms with Gasteiger partial charge in [0.1, 0.15) is 0 Å². The van der Waals surface area contributed by atoms with Crippen molar-refractivity contribution in [2.24, 2.45) is 0 Å². The van der Waals surface area contributed by atoms with Gasteiger partial charge in [0.2, 0.25) is 13.4 Å². The number of anilines is 3. The molecule has 2 aliphatic heterocycles. The maximum atomic E-state index is 5.53. The zero-order valence-corrected chi connectivity index (χ0v) is 53.0. The lowest BCUT2D eigenvalue weighted by molar-refractivity contribution is 0.590. The average Bonchev–Trinajstić information content (AvgIpc) is 0.694. The van der Waals surface area contributed by atoms with Crippen LogP contribution in [-0.4, -0.2) is 43.3 Å². The monoisotopic (exact) mass is 1150 g/mol. The largest absolute Gasteiger partial charge is 0.313 e. The smallest absolute Gasteiger partial charge is 0.247 e. The Hall–Kier alpha value is -9.85. The minimum absolute atomic E-state index is 0.130. The van der Waals surface area contributed by atoms with Gasteiger partial charge in [-0.2, -0.15) is 0 Å². The van der Waals surface area contributed by atoms with Crippen LogP contribution in [0.25, 0.3) is 79.5 Å². The van der Waals surface area contributed by atoms with E-state index in [4.69, 9.17) is 29.9 Å². The first kappa shape index (κ1) is 56.9. The van der Waals surface area contributed by atoms with E-state index in [1.54, 1.807) is 0 Å². The number of benzene rings is 10. The summed E-state index contributed by atoms with van der Waals surface area (Å²) in [6, 6.07) is 76.7. The Morgan fingerprint density at radius 2 is 0.618 bits per heavy atom. The van der Waals surface area contributed by atoms with Crippen LogP contribution >= 0.6 is 0 Å². The van der Waals surface area contributed by atoms with Crippen molar-refractivity contribution in [1.29, 1.82) is 0 Å². The third-order valence-corrected chi connectivity index (χ3v) is 18.2. The summed E-state index contributed by atoms with van der Waals surface area (Å²) in [6.07, 6.45) is 0. The van der Waals surface area contributed by atoms with E-state index < -0.39 is 0 Å². The van der Waals surface area contributed by atoms with Crippen molar-refractivity contribution in [2.45, 2.75) is 93.9 Å². The molecule has 10 aromatic carbocycles. The fourth-order valence-electron chi connectivity index (χ4n) is 14.1. The Labute approximate surface area is 525 Å². The Kier molecular flexibility index (Phi) is 14.1. The molecule has 0 N–H and O–H groups in total. The minimum atomic E-state index is -0.178. The molecule has 0 atom stereocenters. The molecule has 12 aromatic rings. The number of hydrogen-bond donors (Lipinski definition) is 0. The van der Waals surface area contributed by atoms with Gasteiger partial charge in [-0.1, -0.05) is 286 Å². The molecule has 7 nitrogen and oxygen atoms in total. The number of aryl methyl sites for hydroxylation is 6. The molecular weight excluding hydrogens is 1080 g/mol. The third kappa shape index (κ3) is 10.3. The minimum Gasteiger partial charge on any atom is -0.313 e. The number of aromatic nitrogens is 6. The van der Waals surface area contributed by atoms with Crippen LogP contribution in [0.15, 0.2) is 212 Å². The van der Waals surface area contributed by atoms with Gasteiger partial charge in [0.25, 0.3) is 0 Å². The molecule has 9 heteroatoms. The van der Waals surface area contributed by atoms with Gasteiger partial charge in [0.05, 0.1) is 0 Å². The number of fused-ring (bicyclic) bond motifs is 4. The van der Waals surface area contributed by atoms with E-state index in [0.717, 1.165) is 44.5 Å². The Morgan fingerprint density at radius 3 is 0.933 bits per heavy atom. The summed E-state index contributed by atoms with van der Waals surface area (Å²) in [5, 5.41) is 0. The van der Waals surface area contributed by atoms with Crippen molar-refractivity contribution >= 4 is 63.3 Å². The zero-order valence-electron chi connectivity index (χ0n) is 53.0. The second-order valence-corrected chi connectivity index (χ2v) is 26.7. The third-order valence-electron chi connectivity index (χ3n) is 18.2. The summed E-state index contributed by atoms with van der Waals surface area (Å²) in [4.78, 5) is 35.2. The molecule has 432 valence electrons. The number of nitrogens with zero attached hydrogens (tertiary/aromatic N) is 7. The van der Waals surface area contributed by atoms with Crippen LogP contribution in [0.1, 0.15) is 86.1 Å². The molecule has 4 heterocycles. The van der Waals surface area contributed by atoms with Gasteiger partial charge in [-0.3, -0.25) is 0 Å². The van der Waals surface area contributed by atoms with E-state index in [1.807, 2.05) is 72.8 Å². The van der Waals surface area contributed by atoms with Gasteiger partial charge >= 0.3 is 0 Å². The van der Waals surface area contributed by atoms with Gasteiger partial charge in [-0.05, 0) is 103 Å². The molecule has 2 aromatic heterocycles. The second-order valence-electron chi connectivity index (χ2n) is 26.7. The van der Waals surface area contributed by atoms with Crippen molar-refractivity contribution in [1.82, 2.24) is 29.9 Å². The van der Waals surface area contributed by atoms with Gasteiger partial charge in [-0.15, -0.1) is 0 Å². The molecule has 0 spiro atoms. The van der Waals surface area contributed by atoms with E-state index in [-0.39, 0.29) is 24.3 Å². The molecule has 0 saturated carbocycles. The van der Waals surface area contributed by atoms with Gasteiger partial charge < -0.3 is 4.90 Å². The number of hydrogen-bond acceptors (Lipinski definition) is 7. The van der Waals surface area contributed by atoms with Crippen molar-refractivity contribution < 1.29 is 0 Å². The molecule has 0 bridgehead atoms. The van der Waals surface area contributed by atoms with Gasteiger partial charge in [-0.25, -0.2) is 29.9 Å². The van der Waals surface area contributed by atoms with E-state index >= 15 is 0 Å². The first-order valence-corrected chi connectivity index (χ1v) is 31.2. The van der Waals surface area contributed by atoms with Crippen molar-refractivity contribution in [2.75, 3.05) is 4.90 Å². The molecule has 2 aliphatic rings. The Balaban J connectivity index is 1.18. The molecule has 0 aliphatic carbocycles. The molecule has 0 amide bonds. The standard InChI is InChI=1S/C80H71B2N7/c1-48-40-50(3)70(51(4)41-48)81-63-46-59(79(7,8)9)36-38-67(63)89-68-39-37-60(80(10,11)12)47-64(68)82(71-52(5)42-49(2)43-53(71)6)66-45-58(44-65(81)72(66)89)69-61(77-85-73(54-26-17-13-18-27-54)83-74(86-77)55-28-19-14-20-29-55)34-25-35-62(69)78-87-75(56-30-21-15-22-31-56)84-76(88-78)57-32-23-16-24-33-57/h13-47H,1-12H3. The molecular formula is C80H71B2N7. The van der Waals surface area contributed by atoms with E-state index in [0.29, 0.717) is 34.9 Å². The maximum absolute atomic E-state index is 5.53. The summed E-state index contributed by atoms with van der Waals surface area (Å²) >= 11 is 0. The van der Waals surface area contributed by atoms with E-state index in [2.05, 4.69) is 228 Å². The number of rotatable bonds is 9. The van der Waals surface area contributed by atoms with Crippen LogP contribution in [0.4, 0.5) is 17.1 Å². The average molecular weight is 1150 g/mol. The van der Waals surface area contributed by atoms with Crippen LogP contribution in [0.2, 0.25) is 0 Å². The quantitative estimate of drug-likeness (QED) is 0.133. The first-order chi connectivity index (χ1) is 42.9. The van der Waals surface area contributed by atoms with Crippen LogP contribution in [0.3, 0.4) is 0 Å². The predicted molar refractivity (Wildman–Crippen MR) is 374 cm³/mol. The Bertz CT molecular complexity index is 4310. The molecule has 0 radical (unpaired) electrons. The van der Waals surface area contributed by atoms with Crippen LogP contribution in [0.5, 0.6) is 0 Å². The summed E-state index contributed by atoms with van der Waals surface area (Å²) in [6.45, 7) is 27.3.